The van der Waals surface area contributed by atoms with E-state index in [9.17, 15) is 9.59 Å². The van der Waals surface area contributed by atoms with Crippen molar-refractivity contribution in [2.75, 3.05) is 18.4 Å². The second-order valence-corrected chi connectivity index (χ2v) is 5.03. The average molecular weight is 277 g/mol. The van der Waals surface area contributed by atoms with Crippen molar-refractivity contribution in [1.82, 2.24) is 10.4 Å². The fraction of sp³-hybridized carbons (Fsp3) is 0.429. The van der Waals surface area contributed by atoms with E-state index in [-0.39, 0.29) is 11.8 Å². The summed E-state index contributed by atoms with van der Waals surface area (Å²) in [6.45, 7) is 3.10. The molecule has 0 spiro atoms. The topological polar surface area (TPSA) is 81.7 Å². The number of piperidine rings is 1. The number of hydrogen-bond acceptors (Lipinski definition) is 3. The second-order valence-electron chi connectivity index (χ2n) is 5.03. The van der Waals surface area contributed by atoms with Gasteiger partial charge in [0.05, 0.1) is 0 Å². The molecule has 0 unspecified atom stereocenters. The van der Waals surface area contributed by atoms with Crippen LogP contribution in [0.3, 0.4) is 0 Å². The third-order valence-corrected chi connectivity index (χ3v) is 3.44. The molecule has 1 aromatic rings. The van der Waals surface area contributed by atoms with E-state index < -0.39 is 6.09 Å². The first-order valence-electron chi connectivity index (χ1n) is 6.66. The van der Waals surface area contributed by atoms with Crippen LogP contribution in [0.25, 0.3) is 0 Å². The molecule has 0 aliphatic carbocycles. The molecular weight excluding hydrogens is 258 g/mol. The van der Waals surface area contributed by atoms with Crippen molar-refractivity contribution >= 4 is 17.7 Å². The lowest BCUT2D eigenvalue weighted by Gasteiger charge is -2.30. The first kappa shape index (κ1) is 14.3. The van der Waals surface area contributed by atoms with Gasteiger partial charge in [0.25, 0.3) is 0 Å². The van der Waals surface area contributed by atoms with Crippen LogP contribution in [-0.4, -0.2) is 35.2 Å². The first-order chi connectivity index (χ1) is 9.54. The second kappa shape index (κ2) is 6.38. The number of carboxylic acid groups (broad SMARTS) is 1. The van der Waals surface area contributed by atoms with Crippen molar-refractivity contribution in [2.45, 2.75) is 19.8 Å². The minimum absolute atomic E-state index is 0.00354. The number of rotatable bonds is 3. The summed E-state index contributed by atoms with van der Waals surface area (Å²) < 4.78 is 0. The number of carbonyl (C=O) groups excluding carboxylic acids is 1. The van der Waals surface area contributed by atoms with E-state index in [0.717, 1.165) is 11.3 Å². The van der Waals surface area contributed by atoms with E-state index >= 15 is 0 Å². The van der Waals surface area contributed by atoms with Crippen molar-refractivity contribution in [3.8, 4) is 0 Å². The molecule has 6 heteroatoms. The standard InChI is InChI=1S/C14H19N3O3/c1-10-2-4-12(5-3-10)15-13(18)11-6-8-17(9-7-11)16-14(19)20/h2-5,11,16H,6-9H2,1H3,(H,15,18)(H,19,20). The zero-order valence-electron chi connectivity index (χ0n) is 11.4. The van der Waals surface area contributed by atoms with Crippen LogP contribution in [0, 0.1) is 12.8 Å². The third-order valence-electron chi connectivity index (χ3n) is 3.44. The quantitative estimate of drug-likeness (QED) is 0.787. The Labute approximate surface area is 117 Å². The lowest BCUT2D eigenvalue weighted by Crippen LogP contribution is -2.47. The predicted octanol–water partition coefficient (Wildman–Crippen LogP) is 1.83. The largest absolute Gasteiger partial charge is 0.464 e. The number of aryl methyl sites for hydroxylation is 1. The summed E-state index contributed by atoms with van der Waals surface area (Å²) >= 11 is 0. The summed E-state index contributed by atoms with van der Waals surface area (Å²) in [6, 6.07) is 7.67. The highest BCUT2D eigenvalue weighted by Crippen LogP contribution is 2.18. The van der Waals surface area contributed by atoms with Crippen LogP contribution in [0.15, 0.2) is 24.3 Å². The SMILES string of the molecule is Cc1ccc(NC(=O)C2CCN(NC(=O)O)CC2)cc1. The fourth-order valence-corrected chi connectivity index (χ4v) is 2.27. The highest BCUT2D eigenvalue weighted by atomic mass is 16.4. The molecule has 1 aliphatic heterocycles. The third kappa shape index (κ3) is 3.96. The van der Waals surface area contributed by atoms with Crippen LogP contribution in [-0.2, 0) is 4.79 Å². The van der Waals surface area contributed by atoms with Crippen LogP contribution in [0.2, 0.25) is 0 Å². The Morgan fingerprint density at radius 1 is 1.20 bits per heavy atom. The van der Waals surface area contributed by atoms with Gasteiger partial charge in [-0.05, 0) is 31.9 Å². The lowest BCUT2D eigenvalue weighted by molar-refractivity contribution is -0.121. The zero-order valence-corrected chi connectivity index (χ0v) is 11.4. The summed E-state index contributed by atoms with van der Waals surface area (Å²) in [5, 5.41) is 13.1. The molecule has 2 amide bonds. The summed E-state index contributed by atoms with van der Waals surface area (Å²) in [6.07, 6.45) is 0.239. The molecule has 6 nitrogen and oxygen atoms in total. The number of carbonyl (C=O) groups is 2. The van der Waals surface area contributed by atoms with E-state index in [1.165, 1.54) is 0 Å². The molecule has 0 atom stereocenters. The normalized spacial score (nSPS) is 16.6. The van der Waals surface area contributed by atoms with Gasteiger partial charge in [-0.2, -0.15) is 0 Å². The molecule has 0 saturated carbocycles. The van der Waals surface area contributed by atoms with Gasteiger partial charge in [0.1, 0.15) is 0 Å². The summed E-state index contributed by atoms with van der Waals surface area (Å²) in [7, 11) is 0. The minimum atomic E-state index is -1.06. The van der Waals surface area contributed by atoms with Gasteiger partial charge >= 0.3 is 6.09 Å². The van der Waals surface area contributed by atoms with Gasteiger partial charge in [0.15, 0.2) is 0 Å². The van der Waals surface area contributed by atoms with Gasteiger partial charge in [-0.3, -0.25) is 10.2 Å². The van der Waals surface area contributed by atoms with Crippen LogP contribution in [0.5, 0.6) is 0 Å². The molecular formula is C14H19N3O3. The van der Waals surface area contributed by atoms with Gasteiger partial charge < -0.3 is 10.4 Å². The number of anilines is 1. The van der Waals surface area contributed by atoms with E-state index in [0.29, 0.717) is 25.9 Å². The maximum Gasteiger partial charge on any atom is 0.419 e. The number of nitrogens with zero attached hydrogens (tertiary/aromatic N) is 1. The number of amides is 2. The molecule has 1 fully saturated rings. The Balaban J connectivity index is 1.82. The van der Waals surface area contributed by atoms with E-state index in [4.69, 9.17) is 5.11 Å². The minimum Gasteiger partial charge on any atom is -0.464 e. The van der Waals surface area contributed by atoms with E-state index in [2.05, 4.69) is 10.7 Å². The molecule has 0 radical (unpaired) electrons. The van der Waals surface area contributed by atoms with Gasteiger partial charge in [-0.25, -0.2) is 9.80 Å². The molecule has 2 rings (SSSR count). The van der Waals surface area contributed by atoms with Crippen LogP contribution >= 0.6 is 0 Å². The van der Waals surface area contributed by atoms with Crippen molar-refractivity contribution in [3.63, 3.8) is 0 Å². The monoisotopic (exact) mass is 277 g/mol. The molecule has 1 aromatic carbocycles. The molecule has 20 heavy (non-hydrogen) atoms. The van der Waals surface area contributed by atoms with Crippen LogP contribution in [0.4, 0.5) is 10.5 Å². The van der Waals surface area contributed by atoms with Crippen molar-refractivity contribution < 1.29 is 14.7 Å². The Morgan fingerprint density at radius 3 is 2.35 bits per heavy atom. The Kier molecular flexibility index (Phi) is 4.57. The number of nitrogens with one attached hydrogen (secondary N) is 2. The Morgan fingerprint density at radius 2 is 1.80 bits per heavy atom. The molecule has 1 heterocycles. The molecule has 0 bridgehead atoms. The number of hydrazine groups is 1. The van der Waals surface area contributed by atoms with Gasteiger partial charge in [0.2, 0.25) is 5.91 Å². The summed E-state index contributed by atoms with van der Waals surface area (Å²) in [5.41, 5.74) is 4.26. The van der Waals surface area contributed by atoms with Gasteiger partial charge in [-0.15, -0.1) is 0 Å². The van der Waals surface area contributed by atoms with Crippen LogP contribution < -0.4 is 10.7 Å². The molecule has 0 aromatic heterocycles. The number of hydrogen-bond donors (Lipinski definition) is 3. The van der Waals surface area contributed by atoms with E-state index in [1.54, 1.807) is 5.01 Å². The number of benzene rings is 1. The van der Waals surface area contributed by atoms with Crippen molar-refractivity contribution in [2.24, 2.45) is 5.92 Å². The molecule has 1 saturated heterocycles. The van der Waals surface area contributed by atoms with E-state index in [1.807, 2.05) is 31.2 Å². The zero-order chi connectivity index (χ0) is 14.5. The predicted molar refractivity (Wildman–Crippen MR) is 75.3 cm³/mol. The summed E-state index contributed by atoms with van der Waals surface area (Å²) in [4.78, 5) is 22.6. The van der Waals surface area contributed by atoms with Crippen molar-refractivity contribution in [1.29, 1.82) is 0 Å². The molecule has 3 N–H and O–H groups in total. The highest BCUT2D eigenvalue weighted by molar-refractivity contribution is 5.92. The highest BCUT2D eigenvalue weighted by Gasteiger charge is 2.25. The maximum absolute atomic E-state index is 12.1. The van der Waals surface area contributed by atoms with Crippen molar-refractivity contribution in [3.05, 3.63) is 29.8 Å². The van der Waals surface area contributed by atoms with Gasteiger partial charge in [0, 0.05) is 24.7 Å². The average Bonchev–Trinajstić information content (AvgIpc) is 2.41. The smallest absolute Gasteiger partial charge is 0.419 e. The fourth-order valence-electron chi connectivity index (χ4n) is 2.27. The lowest BCUT2D eigenvalue weighted by atomic mass is 9.96. The molecule has 108 valence electrons. The molecule has 1 aliphatic rings. The Hall–Kier alpha value is -2.08. The maximum atomic E-state index is 12.1. The van der Waals surface area contributed by atoms with Gasteiger partial charge in [-0.1, -0.05) is 17.7 Å². The summed E-state index contributed by atoms with van der Waals surface area (Å²) in [5.74, 6) is -0.0630. The first-order valence-corrected chi connectivity index (χ1v) is 6.66. The van der Waals surface area contributed by atoms with Crippen LogP contribution in [0.1, 0.15) is 18.4 Å². The Bertz CT molecular complexity index is 479.